The summed E-state index contributed by atoms with van der Waals surface area (Å²) in [7, 11) is 2.00. The molecule has 0 radical (unpaired) electrons. The molecule has 3 heteroatoms. The highest BCUT2D eigenvalue weighted by molar-refractivity contribution is 9.10. The van der Waals surface area contributed by atoms with E-state index < -0.39 is 0 Å². The van der Waals surface area contributed by atoms with E-state index in [2.05, 4.69) is 63.9 Å². The Labute approximate surface area is 109 Å². The van der Waals surface area contributed by atoms with Crippen LogP contribution in [0.3, 0.4) is 0 Å². The summed E-state index contributed by atoms with van der Waals surface area (Å²) in [5, 5.41) is 5.52. The van der Waals surface area contributed by atoms with Crippen LogP contribution >= 0.6 is 27.3 Å². The first kappa shape index (κ1) is 11.8. The number of halogens is 1. The van der Waals surface area contributed by atoms with Crippen molar-refractivity contribution >= 4 is 27.3 Å². The molecule has 0 saturated carbocycles. The van der Waals surface area contributed by atoms with Crippen molar-refractivity contribution in [3.63, 3.8) is 0 Å². The minimum Gasteiger partial charge on any atom is -0.309 e. The van der Waals surface area contributed by atoms with Crippen molar-refractivity contribution in [2.45, 2.75) is 13.0 Å². The molecular weight excluding hydrogens is 282 g/mol. The van der Waals surface area contributed by atoms with Crippen LogP contribution < -0.4 is 5.32 Å². The maximum absolute atomic E-state index is 3.52. The molecule has 1 heterocycles. The normalized spacial score (nSPS) is 12.7. The lowest BCUT2D eigenvalue weighted by Gasteiger charge is -2.16. The molecule has 1 aromatic heterocycles. The smallest absolute Gasteiger partial charge is 0.0671 e. The summed E-state index contributed by atoms with van der Waals surface area (Å²) in [6, 6.07) is 10.9. The second-order valence-corrected chi connectivity index (χ2v) is 5.61. The van der Waals surface area contributed by atoms with Crippen molar-refractivity contribution in [1.82, 2.24) is 5.32 Å². The van der Waals surface area contributed by atoms with E-state index in [0.717, 1.165) is 4.47 Å². The molecule has 1 unspecified atom stereocenters. The number of nitrogens with one attached hydrogen (secondary N) is 1. The van der Waals surface area contributed by atoms with Gasteiger partial charge in [-0.2, -0.15) is 0 Å². The highest BCUT2D eigenvalue weighted by Crippen LogP contribution is 2.30. The zero-order chi connectivity index (χ0) is 11.5. The van der Waals surface area contributed by atoms with E-state index in [0.29, 0.717) is 0 Å². The zero-order valence-corrected chi connectivity index (χ0v) is 11.7. The van der Waals surface area contributed by atoms with Gasteiger partial charge in [-0.05, 0) is 48.7 Å². The molecule has 1 nitrogen and oxygen atoms in total. The van der Waals surface area contributed by atoms with Crippen LogP contribution in [0.4, 0.5) is 0 Å². The Morgan fingerprint density at radius 1 is 1.31 bits per heavy atom. The summed E-state index contributed by atoms with van der Waals surface area (Å²) in [4.78, 5) is 1.39. The summed E-state index contributed by atoms with van der Waals surface area (Å²) in [6.45, 7) is 2.16. The SMILES string of the molecule is CNC(c1cccc(Br)c1)c1sccc1C. The van der Waals surface area contributed by atoms with E-state index in [1.165, 1.54) is 16.0 Å². The van der Waals surface area contributed by atoms with Gasteiger partial charge in [-0.15, -0.1) is 11.3 Å². The van der Waals surface area contributed by atoms with Gasteiger partial charge in [-0.1, -0.05) is 28.1 Å². The molecule has 16 heavy (non-hydrogen) atoms. The second-order valence-electron chi connectivity index (χ2n) is 3.74. The van der Waals surface area contributed by atoms with Crippen molar-refractivity contribution in [2.75, 3.05) is 7.05 Å². The van der Waals surface area contributed by atoms with Gasteiger partial charge in [0.2, 0.25) is 0 Å². The predicted octanol–water partition coefficient (Wildman–Crippen LogP) is 4.13. The molecule has 2 rings (SSSR count). The van der Waals surface area contributed by atoms with Crippen LogP contribution in [0.1, 0.15) is 22.0 Å². The summed E-state index contributed by atoms with van der Waals surface area (Å²) in [5.74, 6) is 0. The quantitative estimate of drug-likeness (QED) is 0.898. The lowest BCUT2D eigenvalue weighted by Crippen LogP contribution is -2.17. The van der Waals surface area contributed by atoms with Gasteiger partial charge in [0.25, 0.3) is 0 Å². The number of hydrogen-bond acceptors (Lipinski definition) is 2. The number of thiophene rings is 1. The van der Waals surface area contributed by atoms with Crippen LogP contribution in [-0.4, -0.2) is 7.05 Å². The van der Waals surface area contributed by atoms with Crippen LogP contribution in [0.5, 0.6) is 0 Å². The molecule has 0 bridgehead atoms. The van der Waals surface area contributed by atoms with Crippen molar-refractivity contribution in [1.29, 1.82) is 0 Å². The molecule has 0 spiro atoms. The average molecular weight is 296 g/mol. The molecule has 0 fully saturated rings. The molecule has 1 atom stereocenters. The third-order valence-electron chi connectivity index (χ3n) is 2.63. The van der Waals surface area contributed by atoms with E-state index >= 15 is 0 Å². The van der Waals surface area contributed by atoms with Crippen molar-refractivity contribution in [3.05, 3.63) is 56.2 Å². The van der Waals surface area contributed by atoms with Crippen LogP contribution in [0, 0.1) is 6.92 Å². The molecule has 84 valence electrons. The first-order valence-electron chi connectivity index (χ1n) is 5.19. The summed E-state index contributed by atoms with van der Waals surface area (Å²) in [6.07, 6.45) is 0. The largest absolute Gasteiger partial charge is 0.309 e. The Hall–Kier alpha value is -0.640. The monoisotopic (exact) mass is 295 g/mol. The van der Waals surface area contributed by atoms with Crippen molar-refractivity contribution in [2.24, 2.45) is 0 Å². The van der Waals surface area contributed by atoms with Gasteiger partial charge in [0.15, 0.2) is 0 Å². The molecule has 0 aliphatic heterocycles. The van der Waals surface area contributed by atoms with Crippen LogP contribution in [-0.2, 0) is 0 Å². The standard InChI is InChI=1S/C13H14BrNS/c1-9-6-7-16-13(9)12(15-2)10-4-3-5-11(14)8-10/h3-8,12,15H,1-2H3. The molecule has 2 aromatic rings. The third-order valence-corrected chi connectivity index (χ3v) is 4.21. The molecular formula is C13H14BrNS. The Balaban J connectivity index is 2.40. The lowest BCUT2D eigenvalue weighted by molar-refractivity contribution is 0.700. The van der Waals surface area contributed by atoms with Gasteiger partial charge in [-0.25, -0.2) is 0 Å². The topological polar surface area (TPSA) is 12.0 Å². The van der Waals surface area contributed by atoms with E-state index in [4.69, 9.17) is 0 Å². The fourth-order valence-corrected chi connectivity index (χ4v) is 3.30. The average Bonchev–Trinajstić information content (AvgIpc) is 2.67. The highest BCUT2D eigenvalue weighted by atomic mass is 79.9. The number of benzene rings is 1. The maximum atomic E-state index is 3.52. The molecule has 1 aromatic carbocycles. The lowest BCUT2D eigenvalue weighted by atomic mass is 10.0. The Kier molecular flexibility index (Phi) is 3.79. The van der Waals surface area contributed by atoms with Crippen LogP contribution in [0.25, 0.3) is 0 Å². The molecule has 0 aliphatic rings. The summed E-state index contributed by atoms with van der Waals surface area (Å²) < 4.78 is 1.12. The fraction of sp³-hybridized carbons (Fsp3) is 0.231. The Bertz CT molecular complexity index is 478. The van der Waals surface area contributed by atoms with Crippen LogP contribution in [0.15, 0.2) is 40.2 Å². The Morgan fingerprint density at radius 2 is 2.12 bits per heavy atom. The van der Waals surface area contributed by atoms with E-state index in [-0.39, 0.29) is 6.04 Å². The predicted molar refractivity (Wildman–Crippen MR) is 74.1 cm³/mol. The molecule has 0 saturated heterocycles. The summed E-state index contributed by atoms with van der Waals surface area (Å²) in [5.41, 5.74) is 2.65. The van der Waals surface area contributed by atoms with Gasteiger partial charge < -0.3 is 5.32 Å². The highest BCUT2D eigenvalue weighted by Gasteiger charge is 2.15. The number of rotatable bonds is 3. The first-order valence-corrected chi connectivity index (χ1v) is 6.86. The Morgan fingerprint density at radius 3 is 2.69 bits per heavy atom. The van der Waals surface area contributed by atoms with Crippen LogP contribution in [0.2, 0.25) is 0 Å². The van der Waals surface area contributed by atoms with Gasteiger partial charge >= 0.3 is 0 Å². The van der Waals surface area contributed by atoms with Gasteiger partial charge in [0.05, 0.1) is 6.04 Å². The van der Waals surface area contributed by atoms with E-state index in [1.54, 1.807) is 11.3 Å². The third kappa shape index (κ3) is 2.37. The van der Waals surface area contributed by atoms with E-state index in [9.17, 15) is 0 Å². The minimum atomic E-state index is 0.289. The van der Waals surface area contributed by atoms with Gasteiger partial charge in [0, 0.05) is 9.35 Å². The molecule has 0 aliphatic carbocycles. The van der Waals surface area contributed by atoms with Crippen molar-refractivity contribution in [3.8, 4) is 0 Å². The summed E-state index contributed by atoms with van der Waals surface area (Å²) >= 11 is 5.32. The minimum absolute atomic E-state index is 0.289. The van der Waals surface area contributed by atoms with Gasteiger partial charge in [-0.3, -0.25) is 0 Å². The van der Waals surface area contributed by atoms with Gasteiger partial charge in [0.1, 0.15) is 0 Å². The first-order chi connectivity index (χ1) is 7.72. The second kappa shape index (κ2) is 5.13. The fourth-order valence-electron chi connectivity index (χ4n) is 1.82. The van der Waals surface area contributed by atoms with E-state index in [1.807, 2.05) is 7.05 Å². The number of hydrogen-bond donors (Lipinski definition) is 1. The maximum Gasteiger partial charge on any atom is 0.0671 e. The molecule has 0 amide bonds. The number of aryl methyl sites for hydroxylation is 1. The van der Waals surface area contributed by atoms with Crippen molar-refractivity contribution < 1.29 is 0 Å². The molecule has 1 N–H and O–H groups in total. The zero-order valence-electron chi connectivity index (χ0n) is 9.33.